The molecule has 0 fully saturated rings. The van der Waals surface area contributed by atoms with Crippen LogP contribution in [0, 0.1) is 0 Å². The Balaban J connectivity index is 1.82. The SMILES string of the molecule is CN(C(N)=O)C(=O)c1ccc(S(=O)(=O)Nc2ccccc2Oc2ccccc2)cc1. The number of sulfonamides is 1. The minimum Gasteiger partial charge on any atom is -0.455 e. The van der Waals surface area contributed by atoms with Gasteiger partial charge in [-0.2, -0.15) is 0 Å². The second kappa shape index (κ2) is 8.66. The highest BCUT2D eigenvalue weighted by molar-refractivity contribution is 7.92. The Hall–Kier alpha value is -3.85. The molecule has 9 heteroatoms. The van der Waals surface area contributed by atoms with Crippen LogP contribution in [0.2, 0.25) is 0 Å². The molecule has 3 amide bonds. The van der Waals surface area contributed by atoms with Crippen molar-refractivity contribution in [3.63, 3.8) is 0 Å². The normalized spacial score (nSPS) is 10.8. The summed E-state index contributed by atoms with van der Waals surface area (Å²) in [6, 6.07) is 19.8. The summed E-state index contributed by atoms with van der Waals surface area (Å²) in [6.45, 7) is 0. The summed E-state index contributed by atoms with van der Waals surface area (Å²) in [4.78, 5) is 23.9. The first-order chi connectivity index (χ1) is 14.3. The van der Waals surface area contributed by atoms with Gasteiger partial charge in [0.2, 0.25) is 0 Å². The molecule has 8 nitrogen and oxygen atoms in total. The third-order valence-corrected chi connectivity index (χ3v) is 5.53. The maximum absolute atomic E-state index is 12.8. The lowest BCUT2D eigenvalue weighted by Gasteiger charge is -2.14. The van der Waals surface area contributed by atoms with Crippen molar-refractivity contribution >= 4 is 27.6 Å². The number of para-hydroxylation sites is 3. The topological polar surface area (TPSA) is 119 Å². The summed E-state index contributed by atoms with van der Waals surface area (Å²) >= 11 is 0. The van der Waals surface area contributed by atoms with Crippen LogP contribution >= 0.6 is 0 Å². The molecule has 3 aromatic rings. The number of nitrogens with one attached hydrogen (secondary N) is 1. The van der Waals surface area contributed by atoms with E-state index in [0.717, 1.165) is 4.90 Å². The standard InChI is InChI=1S/C21H19N3O5S/c1-24(21(22)26)20(25)15-11-13-17(14-12-15)30(27,28)23-18-9-5-6-10-19(18)29-16-7-3-2-4-8-16/h2-14,23H,1H3,(H2,22,26). The van der Waals surface area contributed by atoms with Crippen LogP contribution in [-0.2, 0) is 10.0 Å². The van der Waals surface area contributed by atoms with Crippen molar-refractivity contribution < 1.29 is 22.7 Å². The molecule has 0 aliphatic rings. The second-order valence-corrected chi connectivity index (χ2v) is 7.93. The first kappa shape index (κ1) is 20.9. The van der Waals surface area contributed by atoms with Crippen molar-refractivity contribution in [2.75, 3.05) is 11.8 Å². The summed E-state index contributed by atoms with van der Waals surface area (Å²) in [7, 11) is -2.72. The van der Waals surface area contributed by atoms with E-state index in [-0.39, 0.29) is 16.1 Å². The van der Waals surface area contributed by atoms with Crippen LogP contribution in [0.25, 0.3) is 0 Å². The molecule has 30 heavy (non-hydrogen) atoms. The minimum atomic E-state index is -3.95. The molecule has 3 rings (SSSR count). The number of hydrogen-bond donors (Lipinski definition) is 2. The highest BCUT2D eigenvalue weighted by atomic mass is 32.2. The van der Waals surface area contributed by atoms with E-state index in [1.807, 2.05) is 6.07 Å². The molecule has 0 bridgehead atoms. The van der Waals surface area contributed by atoms with E-state index >= 15 is 0 Å². The first-order valence-electron chi connectivity index (χ1n) is 8.80. The summed E-state index contributed by atoms with van der Waals surface area (Å²) in [5.74, 6) is 0.258. The molecule has 0 saturated carbocycles. The number of carbonyl (C=O) groups excluding carboxylic acids is 2. The molecule has 0 unspecified atom stereocenters. The average Bonchev–Trinajstić information content (AvgIpc) is 2.74. The zero-order valence-corrected chi connectivity index (χ0v) is 16.8. The van der Waals surface area contributed by atoms with Gasteiger partial charge in [0.1, 0.15) is 5.75 Å². The van der Waals surface area contributed by atoms with Gasteiger partial charge in [-0.15, -0.1) is 0 Å². The fourth-order valence-corrected chi connectivity index (χ4v) is 3.60. The predicted molar refractivity (Wildman–Crippen MR) is 112 cm³/mol. The van der Waals surface area contributed by atoms with Gasteiger partial charge in [0.15, 0.2) is 5.75 Å². The number of benzene rings is 3. The summed E-state index contributed by atoms with van der Waals surface area (Å²) < 4.78 is 33.8. The van der Waals surface area contributed by atoms with Gasteiger partial charge in [0, 0.05) is 12.6 Å². The van der Waals surface area contributed by atoms with Crippen molar-refractivity contribution in [1.82, 2.24) is 4.90 Å². The van der Waals surface area contributed by atoms with E-state index in [1.54, 1.807) is 48.5 Å². The van der Waals surface area contributed by atoms with Crippen molar-refractivity contribution in [2.24, 2.45) is 5.73 Å². The van der Waals surface area contributed by atoms with Crippen LogP contribution in [0.3, 0.4) is 0 Å². The van der Waals surface area contributed by atoms with Crippen molar-refractivity contribution in [3.8, 4) is 11.5 Å². The molecule has 0 spiro atoms. The molecular weight excluding hydrogens is 406 g/mol. The van der Waals surface area contributed by atoms with Gasteiger partial charge >= 0.3 is 6.03 Å². The molecule has 0 atom stereocenters. The Bertz CT molecular complexity index is 1160. The number of anilines is 1. The van der Waals surface area contributed by atoms with Crippen LogP contribution in [-0.4, -0.2) is 32.3 Å². The number of ether oxygens (including phenoxy) is 1. The number of urea groups is 1. The van der Waals surface area contributed by atoms with Crippen LogP contribution in [0.5, 0.6) is 11.5 Å². The third kappa shape index (κ3) is 4.76. The lowest BCUT2D eigenvalue weighted by molar-refractivity contribution is 0.0838. The number of rotatable bonds is 6. The Labute approximate surface area is 173 Å². The fourth-order valence-electron chi connectivity index (χ4n) is 2.53. The zero-order valence-electron chi connectivity index (χ0n) is 16.0. The maximum Gasteiger partial charge on any atom is 0.321 e. The number of imide groups is 1. The smallest absolute Gasteiger partial charge is 0.321 e. The molecule has 154 valence electrons. The van der Waals surface area contributed by atoms with E-state index in [4.69, 9.17) is 10.5 Å². The Morgan fingerprint density at radius 3 is 2.13 bits per heavy atom. The molecular formula is C21H19N3O5S. The van der Waals surface area contributed by atoms with Gasteiger partial charge in [-0.3, -0.25) is 14.4 Å². The monoisotopic (exact) mass is 425 g/mol. The first-order valence-corrected chi connectivity index (χ1v) is 10.3. The predicted octanol–water partition coefficient (Wildman–Crippen LogP) is 3.43. The lowest BCUT2D eigenvalue weighted by Crippen LogP contribution is -2.37. The number of nitrogens with zero attached hydrogens (tertiary/aromatic N) is 1. The Morgan fingerprint density at radius 2 is 1.50 bits per heavy atom. The third-order valence-electron chi connectivity index (χ3n) is 4.15. The average molecular weight is 425 g/mol. The van der Waals surface area contributed by atoms with E-state index in [9.17, 15) is 18.0 Å². The second-order valence-electron chi connectivity index (χ2n) is 6.24. The molecule has 0 aromatic heterocycles. The minimum absolute atomic E-state index is 0.0599. The molecule has 0 aliphatic heterocycles. The molecule has 3 N–H and O–H groups in total. The van der Waals surface area contributed by atoms with Gasteiger partial charge in [-0.25, -0.2) is 13.2 Å². The highest BCUT2D eigenvalue weighted by Gasteiger charge is 2.20. The number of amides is 3. The van der Waals surface area contributed by atoms with Gasteiger partial charge in [0.05, 0.1) is 10.6 Å². The quantitative estimate of drug-likeness (QED) is 0.627. The number of carbonyl (C=O) groups is 2. The van der Waals surface area contributed by atoms with Crippen LogP contribution < -0.4 is 15.2 Å². The maximum atomic E-state index is 12.8. The lowest BCUT2D eigenvalue weighted by atomic mass is 10.2. The number of hydrogen-bond acceptors (Lipinski definition) is 5. The Morgan fingerprint density at radius 1 is 0.900 bits per heavy atom. The van der Waals surface area contributed by atoms with Crippen LogP contribution in [0.1, 0.15) is 10.4 Å². The number of primary amides is 1. The molecule has 0 radical (unpaired) electrons. The zero-order chi connectivity index (χ0) is 21.7. The van der Waals surface area contributed by atoms with Crippen molar-refractivity contribution in [1.29, 1.82) is 0 Å². The fraction of sp³-hybridized carbons (Fsp3) is 0.0476. The summed E-state index contributed by atoms with van der Waals surface area (Å²) in [5, 5.41) is 0. The van der Waals surface area contributed by atoms with Crippen molar-refractivity contribution in [2.45, 2.75) is 4.90 Å². The summed E-state index contributed by atoms with van der Waals surface area (Å²) in [5.41, 5.74) is 5.46. The summed E-state index contributed by atoms with van der Waals surface area (Å²) in [6.07, 6.45) is 0. The molecule has 0 saturated heterocycles. The highest BCUT2D eigenvalue weighted by Crippen LogP contribution is 2.30. The van der Waals surface area contributed by atoms with Crippen molar-refractivity contribution in [3.05, 3.63) is 84.4 Å². The van der Waals surface area contributed by atoms with E-state index < -0.39 is 22.0 Å². The van der Waals surface area contributed by atoms with Crippen LogP contribution in [0.4, 0.5) is 10.5 Å². The van der Waals surface area contributed by atoms with Crippen LogP contribution in [0.15, 0.2) is 83.8 Å². The largest absolute Gasteiger partial charge is 0.455 e. The van der Waals surface area contributed by atoms with E-state index in [2.05, 4.69) is 4.72 Å². The molecule has 3 aromatic carbocycles. The molecule has 0 aliphatic carbocycles. The van der Waals surface area contributed by atoms with E-state index in [0.29, 0.717) is 11.5 Å². The number of nitrogens with two attached hydrogens (primary N) is 1. The van der Waals surface area contributed by atoms with Gasteiger partial charge in [-0.05, 0) is 48.5 Å². The van der Waals surface area contributed by atoms with Gasteiger partial charge < -0.3 is 10.5 Å². The van der Waals surface area contributed by atoms with Gasteiger partial charge in [0.25, 0.3) is 15.9 Å². The van der Waals surface area contributed by atoms with Gasteiger partial charge in [-0.1, -0.05) is 30.3 Å². The Kier molecular flexibility index (Phi) is 6.03. The molecule has 0 heterocycles. The van der Waals surface area contributed by atoms with E-state index in [1.165, 1.54) is 31.3 Å².